The van der Waals surface area contributed by atoms with Gasteiger partial charge in [0.25, 0.3) is 0 Å². The molecule has 0 fully saturated rings. The molecule has 3 rings (SSSR count). The van der Waals surface area contributed by atoms with Gasteiger partial charge in [-0.3, -0.25) is 0 Å². The van der Waals surface area contributed by atoms with Gasteiger partial charge in [-0.2, -0.15) is 0 Å². The smallest absolute Gasteiger partial charge is 0.0441 e. The topological polar surface area (TPSA) is 26.0 Å². The summed E-state index contributed by atoms with van der Waals surface area (Å²) >= 11 is 6.30. The molecule has 0 aliphatic heterocycles. The summed E-state index contributed by atoms with van der Waals surface area (Å²) in [5.74, 6) is 0.316. The molecular formula is C18H18ClN. The lowest BCUT2D eigenvalue weighted by Gasteiger charge is -2.29. The summed E-state index contributed by atoms with van der Waals surface area (Å²) in [4.78, 5) is 0. The van der Waals surface area contributed by atoms with Crippen LogP contribution in [0.5, 0.6) is 0 Å². The predicted molar refractivity (Wildman–Crippen MR) is 85.8 cm³/mol. The third-order valence-electron chi connectivity index (χ3n) is 4.04. The Labute approximate surface area is 125 Å². The van der Waals surface area contributed by atoms with Crippen molar-refractivity contribution in [2.45, 2.75) is 24.8 Å². The zero-order valence-electron chi connectivity index (χ0n) is 11.3. The lowest BCUT2D eigenvalue weighted by Crippen LogP contribution is -2.31. The van der Waals surface area contributed by atoms with Crippen molar-refractivity contribution in [1.82, 2.24) is 0 Å². The molecule has 2 atom stereocenters. The molecule has 0 radical (unpaired) electrons. The lowest BCUT2D eigenvalue weighted by molar-refractivity contribution is 0.529. The van der Waals surface area contributed by atoms with Gasteiger partial charge in [0.2, 0.25) is 0 Å². The summed E-state index contributed by atoms with van der Waals surface area (Å²) < 4.78 is 0. The van der Waals surface area contributed by atoms with Crippen molar-refractivity contribution in [3.05, 3.63) is 76.8 Å². The van der Waals surface area contributed by atoms with Crippen molar-refractivity contribution in [3.63, 3.8) is 0 Å². The summed E-state index contributed by atoms with van der Waals surface area (Å²) in [6.45, 7) is 0. The Balaban J connectivity index is 1.86. The van der Waals surface area contributed by atoms with Crippen molar-refractivity contribution < 1.29 is 0 Å². The predicted octanol–water partition coefficient (Wildman–Crippen LogP) is 4.63. The van der Waals surface area contributed by atoms with Crippen LogP contribution in [-0.4, -0.2) is 6.04 Å². The first kappa shape index (κ1) is 13.4. The van der Waals surface area contributed by atoms with Gasteiger partial charge in [-0.05, 0) is 35.6 Å². The highest BCUT2D eigenvalue weighted by molar-refractivity contribution is 6.31. The van der Waals surface area contributed by atoms with Gasteiger partial charge < -0.3 is 5.73 Å². The van der Waals surface area contributed by atoms with Crippen molar-refractivity contribution in [2.24, 2.45) is 5.73 Å². The zero-order valence-corrected chi connectivity index (χ0v) is 12.1. The maximum atomic E-state index is 6.41. The molecule has 2 N–H and O–H groups in total. The molecule has 20 heavy (non-hydrogen) atoms. The van der Waals surface area contributed by atoms with Crippen LogP contribution in [0.1, 0.15) is 29.9 Å². The van der Waals surface area contributed by atoms with Gasteiger partial charge in [-0.15, -0.1) is 0 Å². The van der Waals surface area contributed by atoms with Gasteiger partial charge in [0.05, 0.1) is 0 Å². The molecule has 0 heterocycles. The van der Waals surface area contributed by atoms with E-state index in [0.717, 1.165) is 17.9 Å². The van der Waals surface area contributed by atoms with Crippen LogP contribution in [0.2, 0.25) is 5.02 Å². The fourth-order valence-electron chi connectivity index (χ4n) is 2.94. The molecule has 2 heteroatoms. The second-order valence-corrected chi connectivity index (χ2v) is 5.73. The van der Waals surface area contributed by atoms with Crippen molar-refractivity contribution >= 4 is 17.2 Å². The van der Waals surface area contributed by atoms with E-state index in [0.29, 0.717) is 5.92 Å². The molecule has 1 aliphatic rings. The van der Waals surface area contributed by atoms with Crippen molar-refractivity contribution in [2.75, 3.05) is 0 Å². The molecule has 0 saturated carbocycles. The van der Waals surface area contributed by atoms with Gasteiger partial charge in [-0.1, -0.05) is 66.2 Å². The summed E-state index contributed by atoms with van der Waals surface area (Å²) in [6.07, 6.45) is 4.17. The highest BCUT2D eigenvalue weighted by Gasteiger charge is 2.26. The van der Waals surface area contributed by atoms with Gasteiger partial charge in [0.15, 0.2) is 0 Å². The van der Waals surface area contributed by atoms with Crippen molar-refractivity contribution in [1.29, 1.82) is 0 Å². The largest absolute Gasteiger partial charge is 0.327 e. The summed E-state index contributed by atoms with van der Waals surface area (Å²) in [7, 11) is 0. The Morgan fingerprint density at radius 3 is 2.35 bits per heavy atom. The molecule has 1 nitrogen and oxygen atoms in total. The normalized spacial score (nSPS) is 22.4. The van der Waals surface area contributed by atoms with Crippen LogP contribution in [0.15, 0.2) is 60.7 Å². The third-order valence-corrected chi connectivity index (χ3v) is 4.38. The van der Waals surface area contributed by atoms with Crippen LogP contribution in [0, 0.1) is 0 Å². The highest BCUT2D eigenvalue weighted by Crippen LogP contribution is 2.37. The van der Waals surface area contributed by atoms with E-state index in [1.165, 1.54) is 16.7 Å². The molecule has 2 unspecified atom stereocenters. The number of hydrogen-bond donors (Lipinski definition) is 1. The SMILES string of the molecule is NC1CC(c2ccccc2)=CCC1c1ccccc1Cl. The molecular weight excluding hydrogens is 266 g/mol. The molecule has 0 spiro atoms. The van der Waals surface area contributed by atoms with Gasteiger partial charge in [-0.25, -0.2) is 0 Å². The minimum atomic E-state index is 0.120. The number of hydrogen-bond acceptors (Lipinski definition) is 1. The maximum Gasteiger partial charge on any atom is 0.0441 e. The molecule has 0 amide bonds. The van der Waals surface area contributed by atoms with Gasteiger partial charge in [0, 0.05) is 17.0 Å². The molecule has 0 saturated heterocycles. The summed E-state index contributed by atoms with van der Waals surface area (Å²) in [6, 6.07) is 18.6. The van der Waals surface area contributed by atoms with E-state index in [1.54, 1.807) is 0 Å². The second kappa shape index (κ2) is 5.82. The highest BCUT2D eigenvalue weighted by atomic mass is 35.5. The van der Waals surface area contributed by atoms with E-state index in [2.05, 4.69) is 36.4 Å². The monoisotopic (exact) mass is 283 g/mol. The second-order valence-electron chi connectivity index (χ2n) is 5.33. The number of rotatable bonds is 2. The summed E-state index contributed by atoms with van der Waals surface area (Å²) in [5.41, 5.74) is 10.2. The van der Waals surface area contributed by atoms with E-state index in [1.807, 2.05) is 24.3 Å². The summed E-state index contributed by atoms with van der Waals surface area (Å²) in [5, 5.41) is 0.824. The van der Waals surface area contributed by atoms with Crippen LogP contribution >= 0.6 is 11.6 Å². The minimum Gasteiger partial charge on any atom is -0.327 e. The van der Waals surface area contributed by atoms with Crippen LogP contribution in [0.4, 0.5) is 0 Å². The Morgan fingerprint density at radius 2 is 1.65 bits per heavy atom. The van der Waals surface area contributed by atoms with Crippen LogP contribution in [0.3, 0.4) is 0 Å². The number of benzene rings is 2. The number of allylic oxidation sites excluding steroid dienone is 1. The van der Waals surface area contributed by atoms with Crippen LogP contribution < -0.4 is 5.73 Å². The Kier molecular flexibility index (Phi) is 3.90. The standard InChI is InChI=1S/C18H18ClN/c19-17-9-5-4-8-15(17)16-11-10-14(12-18(16)20)13-6-2-1-3-7-13/h1-10,16,18H,11-12,20H2. The Morgan fingerprint density at radius 1 is 0.950 bits per heavy atom. The number of halogens is 1. The molecule has 102 valence electrons. The molecule has 0 bridgehead atoms. The average Bonchev–Trinajstić information content (AvgIpc) is 2.49. The van der Waals surface area contributed by atoms with E-state index < -0.39 is 0 Å². The van der Waals surface area contributed by atoms with Crippen LogP contribution in [-0.2, 0) is 0 Å². The Hall–Kier alpha value is -1.57. The van der Waals surface area contributed by atoms with Crippen molar-refractivity contribution in [3.8, 4) is 0 Å². The molecule has 0 aromatic heterocycles. The van der Waals surface area contributed by atoms with E-state index in [4.69, 9.17) is 17.3 Å². The van der Waals surface area contributed by atoms with E-state index in [9.17, 15) is 0 Å². The minimum absolute atomic E-state index is 0.120. The zero-order chi connectivity index (χ0) is 13.9. The third kappa shape index (κ3) is 2.65. The fraction of sp³-hybridized carbons (Fsp3) is 0.222. The number of nitrogens with two attached hydrogens (primary N) is 1. The molecule has 2 aromatic carbocycles. The van der Waals surface area contributed by atoms with Gasteiger partial charge >= 0.3 is 0 Å². The van der Waals surface area contributed by atoms with E-state index >= 15 is 0 Å². The quantitative estimate of drug-likeness (QED) is 0.854. The maximum absolute atomic E-state index is 6.41. The molecule has 1 aliphatic carbocycles. The first-order valence-corrected chi connectivity index (χ1v) is 7.38. The first-order valence-electron chi connectivity index (χ1n) is 7.00. The van der Waals surface area contributed by atoms with E-state index in [-0.39, 0.29) is 6.04 Å². The lowest BCUT2D eigenvalue weighted by atomic mass is 9.79. The fourth-order valence-corrected chi connectivity index (χ4v) is 3.22. The average molecular weight is 284 g/mol. The van der Waals surface area contributed by atoms with Crippen LogP contribution in [0.25, 0.3) is 5.57 Å². The molecule has 2 aromatic rings. The van der Waals surface area contributed by atoms with Gasteiger partial charge in [0.1, 0.15) is 0 Å². The first-order chi connectivity index (χ1) is 9.75. The Bertz CT molecular complexity index is 618.